The maximum Gasteiger partial charge on any atom is 0.226 e. The van der Waals surface area contributed by atoms with Gasteiger partial charge in [-0.25, -0.2) is 9.97 Å². The van der Waals surface area contributed by atoms with E-state index < -0.39 is 0 Å². The van der Waals surface area contributed by atoms with Crippen LogP contribution in [0.3, 0.4) is 0 Å². The average molecular weight is 540 g/mol. The molecule has 2 fully saturated rings. The third kappa shape index (κ3) is 3.95. The number of fused-ring (bicyclic) bond motifs is 4. The van der Waals surface area contributed by atoms with Crippen molar-refractivity contribution in [3.63, 3.8) is 0 Å². The first-order chi connectivity index (χ1) is 17.6. The predicted octanol–water partition coefficient (Wildman–Crippen LogP) is 4.89. The highest BCUT2D eigenvalue weighted by Gasteiger charge is 2.39. The van der Waals surface area contributed by atoms with E-state index in [-0.39, 0.29) is 5.92 Å². The van der Waals surface area contributed by atoms with Gasteiger partial charge < -0.3 is 10.2 Å². The number of halogens is 1. The van der Waals surface area contributed by atoms with Crippen molar-refractivity contribution in [3.8, 4) is 0 Å². The first-order valence-electron chi connectivity index (χ1n) is 12.6. The quantitative estimate of drug-likeness (QED) is 0.395. The van der Waals surface area contributed by atoms with Crippen molar-refractivity contribution in [2.24, 2.45) is 5.92 Å². The summed E-state index contributed by atoms with van der Waals surface area (Å²) >= 11 is 9.56. The van der Waals surface area contributed by atoms with Gasteiger partial charge in [-0.3, -0.25) is 9.69 Å². The molecule has 36 heavy (non-hydrogen) atoms. The van der Waals surface area contributed by atoms with Gasteiger partial charge in [0.25, 0.3) is 0 Å². The van der Waals surface area contributed by atoms with Crippen LogP contribution in [-0.2, 0) is 17.6 Å². The van der Waals surface area contributed by atoms with Crippen LogP contribution in [-0.4, -0.2) is 67.5 Å². The second-order valence-corrected chi connectivity index (χ2v) is 12.3. The number of aryl methyl sites for hydroxylation is 1. The Bertz CT molecular complexity index is 1460. The van der Waals surface area contributed by atoms with Crippen LogP contribution >= 0.6 is 34.5 Å². The van der Waals surface area contributed by atoms with E-state index in [0.717, 1.165) is 64.3 Å². The number of thiophene rings is 1. The van der Waals surface area contributed by atoms with Gasteiger partial charge in [-0.05, 0) is 74.4 Å². The maximum atomic E-state index is 13.3. The van der Waals surface area contributed by atoms with Crippen LogP contribution < -0.4 is 5.32 Å². The van der Waals surface area contributed by atoms with Crippen LogP contribution in [0.25, 0.3) is 20.4 Å². The number of amides is 1. The Morgan fingerprint density at radius 2 is 2.00 bits per heavy atom. The van der Waals surface area contributed by atoms with Crippen LogP contribution in [0, 0.1) is 5.92 Å². The van der Waals surface area contributed by atoms with Crippen molar-refractivity contribution in [1.29, 1.82) is 0 Å². The fourth-order valence-corrected chi connectivity index (χ4v) is 7.90. The zero-order chi connectivity index (χ0) is 24.2. The van der Waals surface area contributed by atoms with Crippen molar-refractivity contribution in [3.05, 3.63) is 33.9 Å². The van der Waals surface area contributed by atoms with E-state index in [1.54, 1.807) is 17.7 Å². The standard InChI is InChI=1S/C25H26ClN7OS2/c26-17-9-19-21(36-31-30-19)10-18(17)29-23-22-16-5-4-14(8-20(16)35-24(22)28-13-27-23)25(34)33-11-15(12-33)32-6-2-1-3-7-32/h9-10,13-15H,1-8,11-12H2,(H,27,28,29)/t14-/m0/s1. The van der Waals surface area contributed by atoms with Gasteiger partial charge in [0, 0.05) is 29.9 Å². The van der Waals surface area contributed by atoms with Crippen molar-refractivity contribution < 1.29 is 4.79 Å². The van der Waals surface area contributed by atoms with Crippen molar-refractivity contribution >= 4 is 72.3 Å². The summed E-state index contributed by atoms with van der Waals surface area (Å²) in [5.74, 6) is 1.15. The molecule has 0 spiro atoms. The number of nitrogens with one attached hydrogen (secondary N) is 1. The molecular formula is C25H26ClN7OS2. The fraction of sp³-hybridized carbons (Fsp3) is 0.480. The van der Waals surface area contributed by atoms with Crippen molar-refractivity contribution in [1.82, 2.24) is 29.4 Å². The Morgan fingerprint density at radius 1 is 1.14 bits per heavy atom. The molecule has 5 heterocycles. The molecule has 7 rings (SSSR count). The van der Waals surface area contributed by atoms with Crippen molar-refractivity contribution in [2.45, 2.75) is 44.6 Å². The van der Waals surface area contributed by atoms with Gasteiger partial charge >= 0.3 is 0 Å². The largest absolute Gasteiger partial charge is 0.339 e. The van der Waals surface area contributed by atoms with E-state index in [1.165, 1.54) is 54.3 Å². The molecule has 3 aromatic heterocycles. The van der Waals surface area contributed by atoms with E-state index in [9.17, 15) is 4.79 Å². The monoisotopic (exact) mass is 539 g/mol. The minimum Gasteiger partial charge on any atom is -0.339 e. The zero-order valence-electron chi connectivity index (χ0n) is 19.7. The van der Waals surface area contributed by atoms with E-state index in [4.69, 9.17) is 11.6 Å². The molecule has 1 amide bonds. The smallest absolute Gasteiger partial charge is 0.226 e. The van der Waals surface area contributed by atoms with Crippen molar-refractivity contribution in [2.75, 3.05) is 31.5 Å². The number of carbonyl (C=O) groups is 1. The third-order valence-corrected chi connectivity index (χ3v) is 10.0. The number of nitrogens with zero attached hydrogens (tertiary/aromatic N) is 6. The molecule has 11 heteroatoms. The summed E-state index contributed by atoms with van der Waals surface area (Å²) in [6, 6.07) is 4.36. The van der Waals surface area contributed by atoms with E-state index >= 15 is 0 Å². The molecule has 1 atom stereocenters. The Balaban J connectivity index is 1.10. The van der Waals surface area contributed by atoms with E-state index in [1.807, 2.05) is 12.1 Å². The zero-order valence-corrected chi connectivity index (χ0v) is 22.1. The van der Waals surface area contributed by atoms with Gasteiger partial charge in [0.15, 0.2) is 0 Å². The fourth-order valence-electron chi connectivity index (χ4n) is 5.85. The number of anilines is 2. The molecule has 3 aliphatic rings. The SMILES string of the molecule is O=C([C@H]1CCc2c(sc3ncnc(Nc4cc5snnc5cc4Cl)c23)C1)N1CC(N2CCCCC2)C1. The lowest BCUT2D eigenvalue weighted by atomic mass is 9.86. The average Bonchev–Trinajstić information content (AvgIpc) is 3.47. The lowest BCUT2D eigenvalue weighted by Gasteiger charge is -2.47. The number of aromatic nitrogens is 4. The molecule has 0 bridgehead atoms. The Morgan fingerprint density at radius 3 is 2.86 bits per heavy atom. The van der Waals surface area contributed by atoms with Crippen LogP contribution in [0.5, 0.6) is 0 Å². The van der Waals surface area contributed by atoms with Gasteiger partial charge in [-0.1, -0.05) is 22.5 Å². The molecule has 2 saturated heterocycles. The second kappa shape index (κ2) is 9.16. The van der Waals surface area contributed by atoms with Gasteiger partial charge in [-0.2, -0.15) is 0 Å². The summed E-state index contributed by atoms with van der Waals surface area (Å²) in [5.41, 5.74) is 2.84. The number of benzene rings is 1. The number of likely N-dealkylation sites (tertiary alicyclic amines) is 2. The predicted molar refractivity (Wildman–Crippen MR) is 144 cm³/mol. The van der Waals surface area contributed by atoms with E-state index in [2.05, 4.69) is 34.7 Å². The highest BCUT2D eigenvalue weighted by molar-refractivity contribution is 7.19. The summed E-state index contributed by atoms with van der Waals surface area (Å²) in [7, 11) is 0. The van der Waals surface area contributed by atoms with Gasteiger partial charge in [0.1, 0.15) is 22.5 Å². The molecule has 0 saturated carbocycles. The van der Waals surface area contributed by atoms with Crippen LogP contribution in [0.2, 0.25) is 5.02 Å². The third-order valence-electron chi connectivity index (χ3n) is 7.86. The lowest BCUT2D eigenvalue weighted by molar-refractivity contribution is -0.143. The topological polar surface area (TPSA) is 87.1 Å². The summed E-state index contributed by atoms with van der Waals surface area (Å²) in [4.78, 5) is 29.3. The summed E-state index contributed by atoms with van der Waals surface area (Å²) in [5, 5.41) is 9.16. The number of hydrogen-bond acceptors (Lipinski definition) is 9. The van der Waals surface area contributed by atoms with Gasteiger partial charge in [0.05, 0.1) is 20.8 Å². The molecule has 0 unspecified atom stereocenters. The molecule has 1 N–H and O–H groups in total. The van der Waals surface area contributed by atoms with Crippen LogP contribution in [0.15, 0.2) is 18.5 Å². The molecule has 1 aliphatic carbocycles. The highest BCUT2D eigenvalue weighted by Crippen LogP contribution is 2.42. The maximum absolute atomic E-state index is 13.3. The molecule has 4 aromatic rings. The number of piperidine rings is 1. The van der Waals surface area contributed by atoms with E-state index in [0.29, 0.717) is 17.0 Å². The number of rotatable bonds is 4. The first kappa shape index (κ1) is 22.8. The first-order valence-corrected chi connectivity index (χ1v) is 14.6. The number of hydrogen-bond donors (Lipinski definition) is 1. The second-order valence-electron chi connectivity index (χ2n) is 10.0. The highest BCUT2D eigenvalue weighted by atomic mass is 35.5. The molecular weight excluding hydrogens is 514 g/mol. The molecule has 186 valence electrons. The Labute approximate surface area is 221 Å². The van der Waals surface area contributed by atoms with Crippen LogP contribution in [0.4, 0.5) is 11.5 Å². The Kier molecular flexibility index (Phi) is 5.80. The molecule has 8 nitrogen and oxygen atoms in total. The van der Waals surface area contributed by atoms with Gasteiger partial charge in [-0.15, -0.1) is 16.4 Å². The normalized spacial score (nSPS) is 21.0. The Hall–Kier alpha value is -2.40. The summed E-state index contributed by atoms with van der Waals surface area (Å²) < 4.78 is 4.98. The summed E-state index contributed by atoms with van der Waals surface area (Å²) in [6.45, 7) is 4.18. The molecule has 1 aromatic carbocycles. The lowest BCUT2D eigenvalue weighted by Crippen LogP contribution is -2.63. The van der Waals surface area contributed by atoms with Gasteiger partial charge in [0.2, 0.25) is 5.91 Å². The molecule has 0 radical (unpaired) electrons. The summed E-state index contributed by atoms with van der Waals surface area (Å²) in [6.07, 6.45) is 8.06. The van der Waals surface area contributed by atoms with Crippen LogP contribution in [0.1, 0.15) is 36.1 Å². The number of carbonyl (C=O) groups excluding carboxylic acids is 1. The minimum atomic E-state index is 0.0629. The minimum absolute atomic E-state index is 0.0629. The molecule has 2 aliphatic heterocycles.